The molecule has 9 heteroatoms. The van der Waals surface area contributed by atoms with Crippen molar-refractivity contribution in [3.05, 3.63) is 47.1 Å². The van der Waals surface area contributed by atoms with E-state index in [1.807, 2.05) is 41.0 Å². The first kappa shape index (κ1) is 19.2. The zero-order valence-corrected chi connectivity index (χ0v) is 17.4. The van der Waals surface area contributed by atoms with Gasteiger partial charge in [-0.05, 0) is 49.2 Å². The summed E-state index contributed by atoms with van der Waals surface area (Å²) in [6.45, 7) is 1.42. The van der Waals surface area contributed by atoms with Crippen LogP contribution in [0.5, 0.6) is 0 Å². The highest BCUT2D eigenvalue weighted by atomic mass is 79.9. The lowest BCUT2D eigenvalue weighted by molar-refractivity contribution is -0.113. The number of furan rings is 1. The van der Waals surface area contributed by atoms with Gasteiger partial charge in [-0.15, -0.1) is 10.2 Å². The van der Waals surface area contributed by atoms with Crippen molar-refractivity contribution in [3.63, 3.8) is 0 Å². The van der Waals surface area contributed by atoms with E-state index in [4.69, 9.17) is 9.15 Å². The number of halogens is 1. The molecule has 1 aliphatic heterocycles. The summed E-state index contributed by atoms with van der Waals surface area (Å²) in [5.74, 6) is 1.43. The first-order valence-electron chi connectivity index (χ1n) is 8.96. The molecule has 1 aliphatic rings. The molecule has 1 amide bonds. The second kappa shape index (κ2) is 8.93. The minimum absolute atomic E-state index is 0.0986. The van der Waals surface area contributed by atoms with E-state index in [0.717, 1.165) is 29.6 Å². The molecule has 0 saturated carbocycles. The molecule has 0 spiro atoms. The Morgan fingerprint density at radius 2 is 2.14 bits per heavy atom. The fourth-order valence-electron chi connectivity index (χ4n) is 3.00. The number of carbonyl (C=O) groups excluding carboxylic acids is 1. The Morgan fingerprint density at radius 3 is 2.86 bits per heavy atom. The Balaban J connectivity index is 1.45. The average molecular weight is 463 g/mol. The molecule has 3 heterocycles. The van der Waals surface area contributed by atoms with Crippen molar-refractivity contribution in [1.29, 1.82) is 0 Å². The summed E-state index contributed by atoms with van der Waals surface area (Å²) >= 11 is 4.73. The van der Waals surface area contributed by atoms with E-state index in [-0.39, 0.29) is 17.8 Å². The van der Waals surface area contributed by atoms with Crippen LogP contribution in [0.3, 0.4) is 0 Å². The minimum Gasteiger partial charge on any atom is -0.461 e. The van der Waals surface area contributed by atoms with Gasteiger partial charge in [0.1, 0.15) is 0 Å². The van der Waals surface area contributed by atoms with Gasteiger partial charge in [-0.2, -0.15) is 0 Å². The van der Waals surface area contributed by atoms with E-state index in [0.29, 0.717) is 23.3 Å². The van der Waals surface area contributed by atoms with Crippen LogP contribution >= 0.6 is 27.7 Å². The van der Waals surface area contributed by atoms with Gasteiger partial charge in [-0.1, -0.05) is 27.7 Å². The number of rotatable bonds is 7. The number of nitrogens with one attached hydrogen (secondary N) is 1. The molecule has 28 heavy (non-hydrogen) atoms. The molecule has 146 valence electrons. The molecule has 1 unspecified atom stereocenters. The highest BCUT2D eigenvalue weighted by molar-refractivity contribution is 9.10. The fourth-order valence-corrected chi connectivity index (χ4v) is 4.01. The van der Waals surface area contributed by atoms with E-state index in [1.165, 1.54) is 11.8 Å². The summed E-state index contributed by atoms with van der Waals surface area (Å²) in [6.07, 6.45) is 3.80. The van der Waals surface area contributed by atoms with Gasteiger partial charge < -0.3 is 14.5 Å². The number of benzene rings is 1. The van der Waals surface area contributed by atoms with Crippen LogP contribution in [0.15, 0.2) is 56.7 Å². The highest BCUT2D eigenvalue weighted by Crippen LogP contribution is 2.27. The molecule has 3 aromatic rings. The largest absolute Gasteiger partial charge is 0.461 e. The zero-order valence-electron chi connectivity index (χ0n) is 15.0. The van der Waals surface area contributed by atoms with Gasteiger partial charge in [-0.25, -0.2) is 0 Å². The van der Waals surface area contributed by atoms with E-state index < -0.39 is 0 Å². The summed E-state index contributed by atoms with van der Waals surface area (Å²) in [5.41, 5.74) is 0.755. The van der Waals surface area contributed by atoms with Crippen LogP contribution in [-0.4, -0.2) is 39.1 Å². The van der Waals surface area contributed by atoms with Crippen molar-refractivity contribution < 1.29 is 13.9 Å². The van der Waals surface area contributed by atoms with E-state index in [1.54, 1.807) is 6.26 Å². The minimum atomic E-state index is -0.0986. The molecule has 0 aliphatic carbocycles. The second-order valence-electron chi connectivity index (χ2n) is 6.37. The van der Waals surface area contributed by atoms with Gasteiger partial charge >= 0.3 is 0 Å². The molecule has 1 saturated heterocycles. The van der Waals surface area contributed by atoms with Crippen molar-refractivity contribution in [1.82, 2.24) is 14.8 Å². The number of hydrogen-bond acceptors (Lipinski definition) is 6. The van der Waals surface area contributed by atoms with Crippen molar-refractivity contribution >= 4 is 39.3 Å². The molecule has 1 N–H and O–H groups in total. The Kier molecular flexibility index (Phi) is 6.13. The standard InChI is InChI=1S/C19H19BrN4O3S/c20-13-5-7-14(8-6-13)21-17(25)12-28-19-23-22-18(16-4-2-10-27-16)24(19)11-15-3-1-9-26-15/h2,4-8,10,15H,1,3,9,11-12H2,(H,21,25). The Labute approximate surface area is 175 Å². The van der Waals surface area contributed by atoms with Crippen LogP contribution in [0.4, 0.5) is 5.69 Å². The number of carbonyl (C=O) groups is 1. The van der Waals surface area contributed by atoms with Crippen LogP contribution in [0, 0.1) is 0 Å². The Morgan fingerprint density at radius 1 is 1.29 bits per heavy atom. The highest BCUT2D eigenvalue weighted by Gasteiger charge is 2.23. The van der Waals surface area contributed by atoms with Crippen molar-refractivity contribution in [2.45, 2.75) is 30.6 Å². The molecule has 0 radical (unpaired) electrons. The number of amides is 1. The molecule has 7 nitrogen and oxygen atoms in total. The van der Waals surface area contributed by atoms with E-state index >= 15 is 0 Å². The monoisotopic (exact) mass is 462 g/mol. The van der Waals surface area contributed by atoms with Gasteiger partial charge in [0.25, 0.3) is 0 Å². The van der Waals surface area contributed by atoms with Gasteiger partial charge in [0.2, 0.25) is 11.7 Å². The molecule has 1 aromatic carbocycles. The molecular weight excluding hydrogens is 444 g/mol. The Hall–Kier alpha value is -2.10. The zero-order chi connectivity index (χ0) is 19.3. The lowest BCUT2D eigenvalue weighted by atomic mass is 10.2. The summed E-state index contributed by atoms with van der Waals surface area (Å²) in [6, 6.07) is 11.1. The lowest BCUT2D eigenvalue weighted by Gasteiger charge is -2.14. The van der Waals surface area contributed by atoms with Crippen LogP contribution < -0.4 is 5.32 Å². The van der Waals surface area contributed by atoms with Gasteiger partial charge in [-0.3, -0.25) is 9.36 Å². The van der Waals surface area contributed by atoms with Crippen LogP contribution in [0.2, 0.25) is 0 Å². The summed E-state index contributed by atoms with van der Waals surface area (Å²) in [7, 11) is 0. The summed E-state index contributed by atoms with van der Waals surface area (Å²) < 4.78 is 14.2. The second-order valence-corrected chi connectivity index (χ2v) is 8.23. The van der Waals surface area contributed by atoms with Crippen molar-refractivity contribution in [2.75, 3.05) is 17.7 Å². The predicted octanol–water partition coefficient (Wildman–Crippen LogP) is 4.21. The molecule has 1 atom stereocenters. The van der Waals surface area contributed by atoms with Gasteiger partial charge in [0.15, 0.2) is 10.9 Å². The number of nitrogens with zero attached hydrogens (tertiary/aromatic N) is 3. The van der Waals surface area contributed by atoms with Gasteiger partial charge in [0.05, 0.1) is 24.7 Å². The summed E-state index contributed by atoms with van der Waals surface area (Å²) in [5, 5.41) is 12.1. The van der Waals surface area contributed by atoms with Crippen molar-refractivity contribution in [3.8, 4) is 11.6 Å². The maximum atomic E-state index is 12.3. The first-order valence-corrected chi connectivity index (χ1v) is 10.7. The molecular formula is C19H19BrN4O3S. The smallest absolute Gasteiger partial charge is 0.234 e. The van der Waals surface area contributed by atoms with Crippen LogP contribution in [0.25, 0.3) is 11.6 Å². The third-order valence-corrected chi connectivity index (χ3v) is 5.82. The maximum absolute atomic E-state index is 12.3. The topological polar surface area (TPSA) is 82.2 Å². The van der Waals surface area contributed by atoms with Crippen LogP contribution in [-0.2, 0) is 16.1 Å². The van der Waals surface area contributed by atoms with Crippen molar-refractivity contribution in [2.24, 2.45) is 0 Å². The Bertz CT molecular complexity index is 921. The first-order chi connectivity index (χ1) is 13.7. The van der Waals surface area contributed by atoms with Crippen LogP contribution in [0.1, 0.15) is 12.8 Å². The number of thioether (sulfide) groups is 1. The number of hydrogen-bond donors (Lipinski definition) is 1. The normalized spacial score (nSPS) is 16.4. The predicted molar refractivity (Wildman–Crippen MR) is 110 cm³/mol. The maximum Gasteiger partial charge on any atom is 0.234 e. The SMILES string of the molecule is O=C(CSc1nnc(-c2ccco2)n1CC1CCCO1)Nc1ccc(Br)cc1. The lowest BCUT2D eigenvalue weighted by Crippen LogP contribution is -2.18. The molecule has 4 rings (SSSR count). The average Bonchev–Trinajstić information content (AvgIpc) is 3.44. The third kappa shape index (κ3) is 4.65. The molecule has 0 bridgehead atoms. The van der Waals surface area contributed by atoms with E-state index in [2.05, 4.69) is 31.4 Å². The number of aromatic nitrogens is 3. The molecule has 2 aromatic heterocycles. The fraction of sp³-hybridized carbons (Fsp3) is 0.316. The van der Waals surface area contributed by atoms with E-state index in [9.17, 15) is 4.79 Å². The summed E-state index contributed by atoms with van der Waals surface area (Å²) in [4.78, 5) is 12.3. The number of ether oxygens (including phenoxy) is 1. The number of anilines is 1. The third-order valence-electron chi connectivity index (χ3n) is 4.33. The quantitative estimate of drug-likeness (QED) is 0.529. The van der Waals surface area contributed by atoms with Gasteiger partial charge in [0, 0.05) is 16.8 Å². The molecule has 1 fully saturated rings.